The molecule has 3 rings (SSSR count). The van der Waals surface area contributed by atoms with Gasteiger partial charge in [-0.25, -0.2) is 4.68 Å². The minimum absolute atomic E-state index is 0.241. The highest BCUT2D eigenvalue weighted by atomic mass is 16.3. The molecule has 0 bridgehead atoms. The van der Waals surface area contributed by atoms with Gasteiger partial charge in [0.25, 0.3) is 5.91 Å². The number of nitrogens with one attached hydrogen (secondary N) is 1. The largest absolute Gasteiger partial charge is 0.384 e. The van der Waals surface area contributed by atoms with Crippen LogP contribution in [0.3, 0.4) is 0 Å². The third-order valence-electron chi connectivity index (χ3n) is 4.54. The van der Waals surface area contributed by atoms with Crippen molar-refractivity contribution in [3.63, 3.8) is 0 Å². The summed E-state index contributed by atoms with van der Waals surface area (Å²) in [7, 11) is 0. The van der Waals surface area contributed by atoms with Crippen LogP contribution in [0.1, 0.15) is 37.8 Å². The molecule has 128 valence electrons. The molecule has 1 aliphatic carbocycles. The van der Waals surface area contributed by atoms with Crippen LogP contribution in [0, 0.1) is 0 Å². The van der Waals surface area contributed by atoms with Crippen LogP contribution in [0.5, 0.6) is 0 Å². The number of benzene rings is 1. The fraction of sp³-hybridized carbons (Fsp3) is 0.444. The SMILES string of the molecule is Nc1cc(CCCNC(=O)C2(O)CCCC2)nn1-c1ccccc1. The fourth-order valence-electron chi connectivity index (χ4n) is 3.17. The van der Waals surface area contributed by atoms with Gasteiger partial charge >= 0.3 is 0 Å². The molecule has 6 nitrogen and oxygen atoms in total. The van der Waals surface area contributed by atoms with Gasteiger partial charge in [-0.3, -0.25) is 4.79 Å². The number of nitrogen functional groups attached to an aromatic ring is 1. The van der Waals surface area contributed by atoms with E-state index in [9.17, 15) is 9.90 Å². The van der Waals surface area contributed by atoms with E-state index in [1.54, 1.807) is 4.68 Å². The number of nitrogens with two attached hydrogens (primary N) is 1. The topological polar surface area (TPSA) is 93.2 Å². The Balaban J connectivity index is 1.50. The molecule has 1 amide bonds. The van der Waals surface area contributed by atoms with Crippen LogP contribution in [0.15, 0.2) is 36.4 Å². The van der Waals surface area contributed by atoms with Gasteiger partial charge in [-0.15, -0.1) is 0 Å². The van der Waals surface area contributed by atoms with Crippen LogP contribution in [0.25, 0.3) is 5.69 Å². The zero-order valence-electron chi connectivity index (χ0n) is 13.7. The number of aliphatic hydroxyl groups is 1. The Bertz CT molecular complexity index is 690. The van der Waals surface area contributed by atoms with E-state index in [0.29, 0.717) is 25.2 Å². The molecule has 0 aliphatic heterocycles. The number of aromatic nitrogens is 2. The zero-order chi connectivity index (χ0) is 17.0. The van der Waals surface area contributed by atoms with E-state index in [-0.39, 0.29) is 5.91 Å². The molecule has 1 heterocycles. The Kier molecular flexibility index (Phi) is 4.85. The summed E-state index contributed by atoms with van der Waals surface area (Å²) in [6.45, 7) is 0.527. The van der Waals surface area contributed by atoms with Crippen molar-refractivity contribution in [1.82, 2.24) is 15.1 Å². The number of rotatable bonds is 6. The Morgan fingerprint density at radius 2 is 2.00 bits per heavy atom. The molecule has 1 aromatic heterocycles. The summed E-state index contributed by atoms with van der Waals surface area (Å²) in [5, 5.41) is 17.5. The summed E-state index contributed by atoms with van der Waals surface area (Å²) in [6.07, 6.45) is 4.45. The summed E-state index contributed by atoms with van der Waals surface area (Å²) in [4.78, 5) is 12.0. The van der Waals surface area contributed by atoms with Crippen molar-refractivity contribution in [2.24, 2.45) is 0 Å². The zero-order valence-corrected chi connectivity index (χ0v) is 13.7. The van der Waals surface area contributed by atoms with E-state index in [4.69, 9.17) is 5.73 Å². The van der Waals surface area contributed by atoms with Gasteiger partial charge < -0.3 is 16.2 Å². The summed E-state index contributed by atoms with van der Waals surface area (Å²) < 4.78 is 1.72. The number of amides is 1. The highest BCUT2D eigenvalue weighted by Crippen LogP contribution is 2.29. The van der Waals surface area contributed by atoms with Crippen LogP contribution < -0.4 is 11.1 Å². The highest BCUT2D eigenvalue weighted by Gasteiger charge is 2.38. The first-order chi connectivity index (χ1) is 11.6. The summed E-state index contributed by atoms with van der Waals surface area (Å²) >= 11 is 0. The summed E-state index contributed by atoms with van der Waals surface area (Å²) in [6, 6.07) is 11.6. The standard InChI is InChI=1S/C18H24N4O2/c19-16-13-14(21-22(16)15-8-2-1-3-9-15)7-6-12-20-17(23)18(24)10-4-5-11-18/h1-3,8-9,13,24H,4-7,10-12,19H2,(H,20,23). The number of anilines is 1. The first-order valence-corrected chi connectivity index (χ1v) is 8.49. The molecular weight excluding hydrogens is 304 g/mol. The van der Waals surface area contributed by atoms with Crippen LogP contribution in [0.4, 0.5) is 5.82 Å². The van der Waals surface area contributed by atoms with Crippen LogP contribution >= 0.6 is 0 Å². The van der Waals surface area contributed by atoms with Crippen molar-refractivity contribution in [2.75, 3.05) is 12.3 Å². The third kappa shape index (κ3) is 3.59. The smallest absolute Gasteiger partial charge is 0.251 e. The summed E-state index contributed by atoms with van der Waals surface area (Å²) in [5.41, 5.74) is 6.69. The molecule has 1 aliphatic rings. The maximum Gasteiger partial charge on any atom is 0.251 e. The van der Waals surface area contributed by atoms with E-state index in [1.807, 2.05) is 36.4 Å². The van der Waals surface area contributed by atoms with Crippen molar-refractivity contribution in [1.29, 1.82) is 0 Å². The molecule has 0 saturated heterocycles. The molecule has 0 unspecified atom stereocenters. The number of aryl methyl sites for hydroxylation is 1. The average Bonchev–Trinajstić information content (AvgIpc) is 3.19. The van der Waals surface area contributed by atoms with Gasteiger partial charge in [0.2, 0.25) is 0 Å². The average molecular weight is 328 g/mol. The van der Waals surface area contributed by atoms with Crippen molar-refractivity contribution >= 4 is 11.7 Å². The van der Waals surface area contributed by atoms with Gasteiger partial charge in [0, 0.05) is 12.6 Å². The molecule has 0 atom stereocenters. The molecule has 0 spiro atoms. The Labute approximate surface area is 141 Å². The third-order valence-corrected chi connectivity index (χ3v) is 4.54. The summed E-state index contributed by atoms with van der Waals surface area (Å²) in [5.74, 6) is 0.356. The second-order valence-electron chi connectivity index (χ2n) is 6.41. The Morgan fingerprint density at radius 1 is 1.29 bits per heavy atom. The Morgan fingerprint density at radius 3 is 2.71 bits per heavy atom. The minimum Gasteiger partial charge on any atom is -0.384 e. The van der Waals surface area contributed by atoms with Crippen LogP contribution in [-0.4, -0.2) is 32.9 Å². The van der Waals surface area contributed by atoms with Gasteiger partial charge in [-0.2, -0.15) is 5.10 Å². The highest BCUT2D eigenvalue weighted by molar-refractivity contribution is 5.85. The monoisotopic (exact) mass is 328 g/mol. The molecule has 0 radical (unpaired) electrons. The van der Waals surface area contributed by atoms with Crippen molar-refractivity contribution in [2.45, 2.75) is 44.1 Å². The Hall–Kier alpha value is -2.34. The van der Waals surface area contributed by atoms with Gasteiger partial charge in [0.05, 0.1) is 11.4 Å². The number of carbonyl (C=O) groups is 1. The number of hydrogen-bond donors (Lipinski definition) is 3. The van der Waals surface area contributed by atoms with E-state index >= 15 is 0 Å². The second kappa shape index (κ2) is 7.05. The van der Waals surface area contributed by atoms with Gasteiger partial charge in [0.1, 0.15) is 11.4 Å². The normalized spacial score (nSPS) is 16.2. The van der Waals surface area contributed by atoms with Crippen LogP contribution in [-0.2, 0) is 11.2 Å². The first-order valence-electron chi connectivity index (χ1n) is 8.49. The van der Waals surface area contributed by atoms with Gasteiger partial charge in [-0.05, 0) is 50.7 Å². The lowest BCUT2D eigenvalue weighted by molar-refractivity contribution is -0.139. The lowest BCUT2D eigenvalue weighted by Crippen LogP contribution is -2.45. The maximum atomic E-state index is 12.0. The molecule has 4 N–H and O–H groups in total. The molecule has 1 aromatic carbocycles. The quantitative estimate of drug-likeness (QED) is 0.705. The number of carbonyl (C=O) groups excluding carboxylic acids is 1. The van der Waals surface area contributed by atoms with E-state index in [1.165, 1.54) is 0 Å². The molecule has 1 saturated carbocycles. The molecule has 1 fully saturated rings. The van der Waals surface area contributed by atoms with E-state index in [0.717, 1.165) is 37.1 Å². The lowest BCUT2D eigenvalue weighted by atomic mass is 10.0. The van der Waals surface area contributed by atoms with E-state index < -0.39 is 5.60 Å². The van der Waals surface area contributed by atoms with Gasteiger partial charge in [0.15, 0.2) is 0 Å². The van der Waals surface area contributed by atoms with Gasteiger partial charge in [-0.1, -0.05) is 18.2 Å². The van der Waals surface area contributed by atoms with Crippen molar-refractivity contribution in [3.8, 4) is 5.69 Å². The molecule has 24 heavy (non-hydrogen) atoms. The first kappa shape index (κ1) is 16.5. The minimum atomic E-state index is -1.15. The lowest BCUT2D eigenvalue weighted by Gasteiger charge is -2.20. The molecule has 2 aromatic rings. The molecule has 6 heteroatoms. The van der Waals surface area contributed by atoms with Crippen molar-refractivity contribution in [3.05, 3.63) is 42.1 Å². The predicted molar refractivity (Wildman–Crippen MR) is 92.7 cm³/mol. The number of hydrogen-bond acceptors (Lipinski definition) is 4. The van der Waals surface area contributed by atoms with Crippen LogP contribution in [0.2, 0.25) is 0 Å². The molecular formula is C18H24N4O2. The maximum absolute atomic E-state index is 12.0. The fourth-order valence-corrected chi connectivity index (χ4v) is 3.17. The number of nitrogens with zero attached hydrogens (tertiary/aromatic N) is 2. The predicted octanol–water partition coefficient (Wildman–Crippen LogP) is 1.81. The number of para-hydroxylation sites is 1. The van der Waals surface area contributed by atoms with Crippen molar-refractivity contribution < 1.29 is 9.90 Å². The second-order valence-corrected chi connectivity index (χ2v) is 6.41. The van der Waals surface area contributed by atoms with E-state index in [2.05, 4.69) is 10.4 Å².